The molecule has 0 spiro atoms. The Bertz CT molecular complexity index is 622. The molecule has 3 amide bonds. The fourth-order valence-electron chi connectivity index (χ4n) is 3.10. The largest absolute Gasteiger partial charge is 0.406 e. The number of carbonyl (C=O) groups excluding carboxylic acids is 2. The van der Waals surface area contributed by atoms with E-state index in [1.165, 1.54) is 4.90 Å². The lowest BCUT2D eigenvalue weighted by Gasteiger charge is -2.39. The maximum Gasteiger partial charge on any atom is 0.406 e. The number of nitrogens with one attached hydrogen (secondary N) is 1. The van der Waals surface area contributed by atoms with Gasteiger partial charge in [-0.3, -0.25) is 14.7 Å². The summed E-state index contributed by atoms with van der Waals surface area (Å²) in [5, 5.41) is 3.00. The Labute approximate surface area is 130 Å². The summed E-state index contributed by atoms with van der Waals surface area (Å²) in [7, 11) is 0. The van der Waals surface area contributed by atoms with Crippen LogP contribution in [0.3, 0.4) is 0 Å². The number of hydrogen-bond donors (Lipinski definition) is 1. The van der Waals surface area contributed by atoms with Gasteiger partial charge in [-0.05, 0) is 12.1 Å². The zero-order chi connectivity index (χ0) is 16.7. The Morgan fingerprint density at radius 2 is 2.09 bits per heavy atom. The fraction of sp³-hybridized carbons (Fsp3) is 0.500. The minimum atomic E-state index is -4.63. The number of fused-ring (bicyclic) bond motifs is 1. The number of pyridine rings is 1. The molecule has 23 heavy (non-hydrogen) atoms. The van der Waals surface area contributed by atoms with E-state index < -0.39 is 30.2 Å². The van der Waals surface area contributed by atoms with Gasteiger partial charge < -0.3 is 10.2 Å². The molecular weight excluding hydrogens is 313 g/mol. The Morgan fingerprint density at radius 1 is 1.30 bits per heavy atom. The van der Waals surface area contributed by atoms with Crippen molar-refractivity contribution in [2.24, 2.45) is 0 Å². The summed E-state index contributed by atoms with van der Waals surface area (Å²) in [6, 6.07) is 4.24. The van der Waals surface area contributed by atoms with Gasteiger partial charge in [0.2, 0.25) is 0 Å². The third kappa shape index (κ3) is 2.76. The zero-order valence-electron chi connectivity index (χ0n) is 12.1. The number of rotatable bonds is 3. The van der Waals surface area contributed by atoms with Gasteiger partial charge in [-0.1, -0.05) is 6.07 Å². The molecule has 0 saturated carbocycles. The number of amides is 3. The summed E-state index contributed by atoms with van der Waals surface area (Å²) < 4.78 is 38.1. The van der Waals surface area contributed by atoms with Crippen LogP contribution in [-0.2, 0) is 11.2 Å². The molecule has 0 bridgehead atoms. The number of halogens is 3. The van der Waals surface area contributed by atoms with Crippen molar-refractivity contribution >= 4 is 11.9 Å². The van der Waals surface area contributed by atoms with Crippen molar-refractivity contribution in [3.05, 3.63) is 30.1 Å². The van der Waals surface area contributed by atoms with Crippen molar-refractivity contribution in [3.8, 4) is 0 Å². The van der Waals surface area contributed by atoms with Gasteiger partial charge >= 0.3 is 12.2 Å². The number of nitrogens with zero attached hydrogens (tertiary/aromatic N) is 3. The minimum Gasteiger partial charge on any atom is -0.312 e. The van der Waals surface area contributed by atoms with Crippen molar-refractivity contribution in [1.29, 1.82) is 0 Å². The highest BCUT2D eigenvalue weighted by Crippen LogP contribution is 2.34. The van der Waals surface area contributed by atoms with E-state index in [-0.39, 0.29) is 19.5 Å². The van der Waals surface area contributed by atoms with Crippen molar-refractivity contribution in [2.45, 2.75) is 18.1 Å². The molecule has 3 heterocycles. The molecule has 6 nitrogen and oxygen atoms in total. The normalized spacial score (nSPS) is 25.0. The highest BCUT2D eigenvalue weighted by molar-refractivity contribution is 6.07. The molecule has 9 heteroatoms. The minimum absolute atomic E-state index is 0.0831. The van der Waals surface area contributed by atoms with Crippen LogP contribution in [-0.4, -0.2) is 64.6 Å². The average Bonchev–Trinajstić information content (AvgIpc) is 2.70. The summed E-state index contributed by atoms with van der Waals surface area (Å²) in [6.45, 7) is -0.831. The van der Waals surface area contributed by atoms with Crippen LogP contribution in [0.5, 0.6) is 0 Å². The molecule has 1 atom stereocenters. The molecule has 2 aliphatic rings. The average molecular weight is 328 g/mol. The second kappa shape index (κ2) is 5.48. The lowest BCUT2D eigenvalue weighted by molar-refractivity contribution is -0.155. The Hall–Kier alpha value is -2.16. The summed E-state index contributed by atoms with van der Waals surface area (Å²) in [5.41, 5.74) is -0.786. The number of imide groups is 1. The predicted molar refractivity (Wildman–Crippen MR) is 73.4 cm³/mol. The molecule has 2 aliphatic heterocycles. The summed E-state index contributed by atoms with van der Waals surface area (Å²) in [6.07, 6.45) is -3.00. The lowest BCUT2D eigenvalue weighted by atomic mass is 9.89. The quantitative estimate of drug-likeness (QED) is 0.834. The molecule has 1 aromatic rings. The Balaban J connectivity index is 1.95. The van der Waals surface area contributed by atoms with Crippen molar-refractivity contribution in [1.82, 2.24) is 20.1 Å². The predicted octanol–water partition coefficient (Wildman–Crippen LogP) is 0.793. The Morgan fingerprint density at radius 3 is 2.74 bits per heavy atom. The molecule has 0 radical (unpaired) electrons. The summed E-state index contributed by atoms with van der Waals surface area (Å²) in [4.78, 5) is 30.6. The first-order valence-electron chi connectivity index (χ1n) is 7.14. The SMILES string of the molecule is O=C1N(CC(F)(F)F)C(=O)C2(Cc3ccccn3)CNCCN12. The van der Waals surface area contributed by atoms with Crippen LogP contribution in [0.1, 0.15) is 5.69 Å². The van der Waals surface area contributed by atoms with Crippen LogP contribution >= 0.6 is 0 Å². The standard InChI is InChI=1S/C14H15F3N4O2/c15-14(16,17)9-20-11(22)13(7-10-3-1-2-4-19-10)8-18-5-6-21(13)12(20)23/h1-4,18H,5-9H2. The molecule has 0 aliphatic carbocycles. The first kappa shape index (κ1) is 15.7. The van der Waals surface area contributed by atoms with E-state index >= 15 is 0 Å². The number of hydrogen-bond acceptors (Lipinski definition) is 4. The van der Waals surface area contributed by atoms with Gasteiger partial charge in [0, 0.05) is 37.9 Å². The topological polar surface area (TPSA) is 65.5 Å². The third-order valence-electron chi connectivity index (χ3n) is 4.09. The summed E-state index contributed by atoms with van der Waals surface area (Å²) >= 11 is 0. The summed E-state index contributed by atoms with van der Waals surface area (Å²) in [5.74, 6) is -0.822. The number of urea groups is 1. The van der Waals surface area contributed by atoms with E-state index in [0.717, 1.165) is 0 Å². The van der Waals surface area contributed by atoms with Gasteiger partial charge in [0.1, 0.15) is 12.1 Å². The zero-order valence-corrected chi connectivity index (χ0v) is 12.1. The third-order valence-corrected chi connectivity index (χ3v) is 4.09. The van der Waals surface area contributed by atoms with Gasteiger partial charge in [0.05, 0.1) is 0 Å². The second-order valence-corrected chi connectivity index (χ2v) is 5.65. The molecule has 1 aromatic heterocycles. The monoisotopic (exact) mass is 328 g/mol. The van der Waals surface area contributed by atoms with Crippen LogP contribution in [0.15, 0.2) is 24.4 Å². The van der Waals surface area contributed by atoms with Crippen LogP contribution in [0, 0.1) is 0 Å². The van der Waals surface area contributed by atoms with Crippen molar-refractivity contribution in [3.63, 3.8) is 0 Å². The lowest BCUT2D eigenvalue weighted by Crippen LogP contribution is -2.63. The van der Waals surface area contributed by atoms with Crippen LogP contribution in [0.2, 0.25) is 0 Å². The highest BCUT2D eigenvalue weighted by atomic mass is 19.4. The maximum absolute atomic E-state index is 12.7. The number of aromatic nitrogens is 1. The van der Waals surface area contributed by atoms with E-state index in [2.05, 4.69) is 10.3 Å². The van der Waals surface area contributed by atoms with Crippen LogP contribution < -0.4 is 5.32 Å². The van der Waals surface area contributed by atoms with E-state index in [1.54, 1.807) is 24.4 Å². The van der Waals surface area contributed by atoms with Gasteiger partial charge in [0.15, 0.2) is 0 Å². The van der Waals surface area contributed by atoms with E-state index in [9.17, 15) is 22.8 Å². The number of piperazine rings is 1. The molecule has 124 valence electrons. The number of alkyl halides is 3. The molecule has 2 saturated heterocycles. The smallest absolute Gasteiger partial charge is 0.312 e. The van der Waals surface area contributed by atoms with Gasteiger partial charge in [-0.2, -0.15) is 13.2 Å². The van der Waals surface area contributed by atoms with E-state index in [4.69, 9.17) is 0 Å². The van der Waals surface area contributed by atoms with E-state index in [0.29, 0.717) is 17.1 Å². The first-order valence-corrected chi connectivity index (χ1v) is 7.14. The van der Waals surface area contributed by atoms with Crippen molar-refractivity contribution in [2.75, 3.05) is 26.2 Å². The highest BCUT2D eigenvalue weighted by Gasteiger charge is 2.59. The molecule has 3 rings (SSSR count). The second-order valence-electron chi connectivity index (χ2n) is 5.65. The molecule has 1 unspecified atom stereocenters. The van der Waals surface area contributed by atoms with Crippen LogP contribution in [0.25, 0.3) is 0 Å². The number of carbonyl (C=O) groups is 2. The fourth-order valence-corrected chi connectivity index (χ4v) is 3.10. The molecular formula is C14H15F3N4O2. The molecule has 0 aromatic carbocycles. The van der Waals surface area contributed by atoms with Gasteiger partial charge in [-0.25, -0.2) is 4.79 Å². The Kier molecular flexibility index (Phi) is 3.75. The van der Waals surface area contributed by atoms with Gasteiger partial charge in [-0.15, -0.1) is 0 Å². The van der Waals surface area contributed by atoms with E-state index in [1.807, 2.05) is 0 Å². The van der Waals surface area contributed by atoms with Crippen LogP contribution in [0.4, 0.5) is 18.0 Å². The molecule has 2 fully saturated rings. The molecule has 1 N–H and O–H groups in total. The first-order chi connectivity index (χ1) is 10.8. The van der Waals surface area contributed by atoms with Crippen molar-refractivity contribution < 1.29 is 22.8 Å². The van der Waals surface area contributed by atoms with Gasteiger partial charge in [0.25, 0.3) is 5.91 Å². The maximum atomic E-state index is 12.7.